The Morgan fingerprint density at radius 1 is 1.38 bits per heavy atom. The van der Waals surface area contributed by atoms with E-state index in [0.717, 1.165) is 36.6 Å². The third kappa shape index (κ3) is 4.81. The lowest BCUT2D eigenvalue weighted by atomic mass is 10.3. The van der Waals surface area contributed by atoms with Crippen molar-refractivity contribution >= 4 is 33.3 Å². The Kier molecular flexibility index (Phi) is 6.26. The zero-order chi connectivity index (χ0) is 18.6. The molecule has 144 valence electrons. The minimum atomic E-state index is -3.04. The first kappa shape index (κ1) is 19.3. The molecule has 7 nitrogen and oxygen atoms in total. The highest BCUT2D eigenvalue weighted by atomic mass is 35.5. The quantitative estimate of drug-likeness (QED) is 0.573. The van der Waals surface area contributed by atoms with Gasteiger partial charge in [-0.05, 0) is 31.0 Å². The summed E-state index contributed by atoms with van der Waals surface area (Å²) in [5, 5.41) is 7.38. The third-order valence-corrected chi connectivity index (χ3v) is 6.97. The van der Waals surface area contributed by atoms with E-state index >= 15 is 0 Å². The molecule has 1 aromatic rings. The Morgan fingerprint density at radius 2 is 2.23 bits per heavy atom. The van der Waals surface area contributed by atoms with Gasteiger partial charge in [-0.1, -0.05) is 17.7 Å². The first-order valence-corrected chi connectivity index (χ1v) is 10.9. The Balaban J connectivity index is 1.45. The number of aliphatic imine (C=N–C) groups is 1. The van der Waals surface area contributed by atoms with Gasteiger partial charge in [-0.2, -0.15) is 0 Å². The van der Waals surface area contributed by atoms with Gasteiger partial charge in [-0.25, -0.2) is 12.7 Å². The van der Waals surface area contributed by atoms with E-state index in [9.17, 15) is 8.42 Å². The van der Waals surface area contributed by atoms with Crippen LogP contribution < -0.4 is 15.5 Å². The van der Waals surface area contributed by atoms with Crippen LogP contribution in [0.2, 0.25) is 5.02 Å². The minimum Gasteiger partial charge on any atom is -0.369 e. The number of hydrogen-bond donors (Lipinski definition) is 2. The molecule has 3 rings (SSSR count). The highest BCUT2D eigenvalue weighted by Gasteiger charge is 2.28. The van der Waals surface area contributed by atoms with Gasteiger partial charge in [0.1, 0.15) is 0 Å². The summed E-state index contributed by atoms with van der Waals surface area (Å²) in [4.78, 5) is 6.55. The summed E-state index contributed by atoms with van der Waals surface area (Å²) in [5.74, 6) is 0.973. The van der Waals surface area contributed by atoms with Gasteiger partial charge in [0.15, 0.2) is 5.96 Å². The Hall–Kier alpha value is -1.51. The van der Waals surface area contributed by atoms with Crippen LogP contribution in [0.1, 0.15) is 12.8 Å². The van der Waals surface area contributed by atoms with Crippen LogP contribution in [0.15, 0.2) is 29.3 Å². The van der Waals surface area contributed by atoms with Crippen LogP contribution in [-0.4, -0.2) is 70.2 Å². The highest BCUT2D eigenvalue weighted by Crippen LogP contribution is 2.23. The number of nitrogens with one attached hydrogen (secondary N) is 2. The van der Waals surface area contributed by atoms with Gasteiger partial charge in [-0.3, -0.25) is 4.99 Å². The van der Waals surface area contributed by atoms with E-state index < -0.39 is 10.0 Å². The van der Waals surface area contributed by atoms with Crippen LogP contribution in [0.25, 0.3) is 0 Å². The fourth-order valence-electron chi connectivity index (χ4n) is 3.41. The maximum Gasteiger partial charge on any atom is 0.214 e. The van der Waals surface area contributed by atoms with E-state index in [1.807, 2.05) is 18.2 Å². The molecule has 26 heavy (non-hydrogen) atoms. The van der Waals surface area contributed by atoms with Crippen molar-refractivity contribution in [2.75, 3.05) is 50.4 Å². The fraction of sp³-hybridized carbons (Fsp3) is 0.588. The lowest BCUT2D eigenvalue weighted by molar-refractivity contribution is 0.444. The zero-order valence-electron chi connectivity index (χ0n) is 15.0. The minimum absolute atomic E-state index is 0.265. The Bertz CT molecular complexity index is 755. The van der Waals surface area contributed by atoms with Gasteiger partial charge in [0, 0.05) is 56.5 Å². The number of nitrogens with zero attached hydrogens (tertiary/aromatic N) is 3. The normalized spacial score (nSPS) is 23.4. The molecule has 2 saturated heterocycles. The Morgan fingerprint density at radius 3 is 2.92 bits per heavy atom. The van der Waals surface area contributed by atoms with E-state index in [1.54, 1.807) is 11.4 Å². The predicted molar refractivity (Wildman–Crippen MR) is 107 cm³/mol. The van der Waals surface area contributed by atoms with Gasteiger partial charge in [0.05, 0.1) is 5.75 Å². The molecule has 1 aromatic carbocycles. The molecule has 0 radical (unpaired) electrons. The molecule has 2 aliphatic heterocycles. The molecule has 1 unspecified atom stereocenters. The van der Waals surface area contributed by atoms with Gasteiger partial charge < -0.3 is 15.5 Å². The van der Waals surface area contributed by atoms with Gasteiger partial charge in [-0.15, -0.1) is 0 Å². The largest absolute Gasteiger partial charge is 0.369 e. The molecule has 0 saturated carbocycles. The van der Waals surface area contributed by atoms with Crippen molar-refractivity contribution < 1.29 is 8.42 Å². The number of rotatable bonds is 5. The maximum atomic E-state index is 11.8. The molecule has 2 fully saturated rings. The number of hydrogen-bond acceptors (Lipinski definition) is 4. The number of sulfonamides is 1. The first-order valence-electron chi connectivity index (χ1n) is 8.93. The van der Waals surface area contributed by atoms with Crippen molar-refractivity contribution in [1.29, 1.82) is 0 Å². The zero-order valence-corrected chi connectivity index (χ0v) is 16.6. The monoisotopic (exact) mass is 399 g/mol. The molecular weight excluding hydrogens is 374 g/mol. The highest BCUT2D eigenvalue weighted by molar-refractivity contribution is 7.89. The molecule has 2 aliphatic rings. The molecule has 0 spiro atoms. The second kappa shape index (κ2) is 8.45. The average molecular weight is 400 g/mol. The summed E-state index contributed by atoms with van der Waals surface area (Å²) < 4.78 is 25.2. The van der Waals surface area contributed by atoms with E-state index in [0.29, 0.717) is 25.6 Å². The summed E-state index contributed by atoms with van der Waals surface area (Å²) in [7, 11) is -1.31. The molecule has 2 N–H and O–H groups in total. The molecular formula is C17H26ClN5O2S. The number of halogens is 1. The molecule has 0 aromatic heterocycles. The predicted octanol–water partition coefficient (Wildman–Crippen LogP) is 1.12. The number of benzene rings is 1. The van der Waals surface area contributed by atoms with Gasteiger partial charge in [0.2, 0.25) is 10.0 Å². The molecule has 0 amide bonds. The number of anilines is 1. The second-order valence-corrected chi connectivity index (χ2v) is 9.15. The van der Waals surface area contributed by atoms with Gasteiger partial charge >= 0.3 is 0 Å². The van der Waals surface area contributed by atoms with Crippen LogP contribution in [0.3, 0.4) is 0 Å². The van der Waals surface area contributed by atoms with Crippen molar-refractivity contribution in [3.63, 3.8) is 0 Å². The summed E-state index contributed by atoms with van der Waals surface area (Å²) in [5.41, 5.74) is 1.13. The summed E-state index contributed by atoms with van der Waals surface area (Å²) in [6.07, 6.45) is 1.73. The van der Waals surface area contributed by atoms with Crippen molar-refractivity contribution in [2.24, 2.45) is 4.99 Å². The molecule has 2 heterocycles. The van der Waals surface area contributed by atoms with Crippen LogP contribution in [0.5, 0.6) is 0 Å². The SMILES string of the molecule is CN=C(NCCN1CCCS1(=O)=O)NC1CCN(c2cccc(Cl)c2)C1. The van der Waals surface area contributed by atoms with E-state index in [1.165, 1.54) is 0 Å². The molecule has 0 bridgehead atoms. The fourth-order valence-corrected chi connectivity index (χ4v) is 5.13. The molecule has 1 atom stereocenters. The van der Waals surface area contributed by atoms with Crippen LogP contribution >= 0.6 is 11.6 Å². The van der Waals surface area contributed by atoms with Crippen LogP contribution in [-0.2, 0) is 10.0 Å². The topological polar surface area (TPSA) is 77.0 Å². The summed E-state index contributed by atoms with van der Waals surface area (Å²) in [6.45, 7) is 3.47. The Labute approximate surface area is 160 Å². The first-order chi connectivity index (χ1) is 12.5. The third-order valence-electron chi connectivity index (χ3n) is 4.78. The summed E-state index contributed by atoms with van der Waals surface area (Å²) in [6, 6.07) is 8.18. The van der Waals surface area contributed by atoms with E-state index in [4.69, 9.17) is 11.6 Å². The van der Waals surface area contributed by atoms with Crippen LogP contribution in [0, 0.1) is 0 Å². The molecule has 0 aliphatic carbocycles. The lowest BCUT2D eigenvalue weighted by Crippen LogP contribution is -2.46. The van der Waals surface area contributed by atoms with E-state index in [-0.39, 0.29) is 11.8 Å². The smallest absolute Gasteiger partial charge is 0.214 e. The average Bonchev–Trinajstić information content (AvgIpc) is 3.20. The second-order valence-electron chi connectivity index (χ2n) is 6.62. The van der Waals surface area contributed by atoms with E-state index in [2.05, 4.69) is 26.6 Å². The van der Waals surface area contributed by atoms with Crippen molar-refractivity contribution in [3.05, 3.63) is 29.3 Å². The summed E-state index contributed by atoms with van der Waals surface area (Å²) >= 11 is 6.08. The number of guanidine groups is 1. The van der Waals surface area contributed by atoms with Crippen molar-refractivity contribution in [1.82, 2.24) is 14.9 Å². The van der Waals surface area contributed by atoms with Crippen molar-refractivity contribution in [2.45, 2.75) is 18.9 Å². The standard InChI is InChI=1S/C17H26ClN5O2S/c1-19-17(20-7-10-23-8-3-11-26(23,24)25)21-15-6-9-22(13-15)16-5-2-4-14(18)12-16/h2,4-5,12,15H,3,6-11,13H2,1H3,(H2,19,20,21). The molecule has 9 heteroatoms. The van der Waals surface area contributed by atoms with Crippen molar-refractivity contribution in [3.8, 4) is 0 Å². The van der Waals surface area contributed by atoms with Crippen LogP contribution in [0.4, 0.5) is 5.69 Å². The maximum absolute atomic E-state index is 11.8. The van der Waals surface area contributed by atoms with Gasteiger partial charge in [0.25, 0.3) is 0 Å². The lowest BCUT2D eigenvalue weighted by Gasteiger charge is -2.21.